The van der Waals surface area contributed by atoms with Crippen molar-refractivity contribution >= 4 is 47.1 Å². The van der Waals surface area contributed by atoms with E-state index in [2.05, 4.69) is 21.3 Å². The van der Waals surface area contributed by atoms with Crippen LogP contribution in [0.25, 0.3) is 11.1 Å². The Morgan fingerprint density at radius 3 is 2.20 bits per heavy atom. The van der Waals surface area contributed by atoms with Crippen LogP contribution in [0.3, 0.4) is 0 Å². The van der Waals surface area contributed by atoms with E-state index in [4.69, 9.17) is 40.0 Å². The predicted molar refractivity (Wildman–Crippen MR) is 213 cm³/mol. The summed E-state index contributed by atoms with van der Waals surface area (Å²) < 4.78 is 33.3. The van der Waals surface area contributed by atoms with Gasteiger partial charge < -0.3 is 43.7 Å². The Labute approximate surface area is 347 Å². The molecule has 1 saturated heterocycles. The van der Waals surface area contributed by atoms with Gasteiger partial charge >= 0.3 is 23.9 Å². The smallest absolute Gasteiger partial charge is 0.305 e. The number of carbonyl (C=O) groups is 5. The van der Waals surface area contributed by atoms with E-state index in [0.717, 1.165) is 87.1 Å². The second-order valence-electron chi connectivity index (χ2n) is 15.0. The summed E-state index contributed by atoms with van der Waals surface area (Å²) in [7, 11) is 0. The third-order valence-electron chi connectivity index (χ3n) is 10.2. The van der Waals surface area contributed by atoms with E-state index in [1.807, 2.05) is 48.7 Å². The van der Waals surface area contributed by atoms with Crippen LogP contribution in [0.4, 0.5) is 5.69 Å². The van der Waals surface area contributed by atoms with Crippen molar-refractivity contribution in [3.63, 3.8) is 0 Å². The summed E-state index contributed by atoms with van der Waals surface area (Å²) in [5.41, 5.74) is 4.78. The van der Waals surface area contributed by atoms with Crippen molar-refractivity contribution in [3.05, 3.63) is 77.1 Å². The number of esters is 4. The molecule has 16 heteroatoms. The molecule has 2 heterocycles. The molecule has 0 bridgehead atoms. The van der Waals surface area contributed by atoms with Crippen molar-refractivity contribution in [2.24, 2.45) is 0 Å². The lowest BCUT2D eigenvalue weighted by atomic mass is 9.93. The van der Waals surface area contributed by atoms with Crippen LogP contribution in [0.5, 0.6) is 5.75 Å². The van der Waals surface area contributed by atoms with Crippen LogP contribution in [0.2, 0.25) is 5.02 Å². The molecule has 3 fully saturated rings. The number of ether oxygens (including phenoxy) is 6. The lowest BCUT2D eigenvalue weighted by Crippen LogP contribution is -2.65. The Hall–Kier alpha value is -5.25. The van der Waals surface area contributed by atoms with Crippen LogP contribution >= 0.6 is 11.6 Å². The Morgan fingerprint density at radius 1 is 0.864 bits per heavy atom. The van der Waals surface area contributed by atoms with E-state index in [0.29, 0.717) is 30.5 Å². The second kappa shape index (κ2) is 19.7. The number of aliphatic hydroxyl groups is 1. The standard InChI is InChI=1S/C43H50ClN3O12/c1-24(49)54-38-39(55-25(2)50)41(56-26(3)51)43(57-27(4)52)59-40(38)42(53)46-18-7-8-29(23-48)28-11-16-35(44)30(20-28)22-47(31-12-13-31)36-21-45-19-17-33(36)34-9-5-6-10-37(34)58-32-14-15-32/h5-6,9-11,16-17,19-21,29,31-32,38-41,43,48H,7-8,12-15,18,22-23H2,1-4H3,(H,46,53)/t29?,38-,39-,40-,41+,43?/m0/s1. The summed E-state index contributed by atoms with van der Waals surface area (Å²) in [5.74, 6) is -3.56. The van der Waals surface area contributed by atoms with Crippen LogP contribution in [0.1, 0.15) is 83.3 Å². The molecule has 0 spiro atoms. The highest BCUT2D eigenvalue weighted by Crippen LogP contribution is 2.43. The molecule has 1 aromatic heterocycles. The van der Waals surface area contributed by atoms with E-state index >= 15 is 0 Å². The van der Waals surface area contributed by atoms with Crippen LogP contribution in [0.15, 0.2) is 60.9 Å². The molecule has 1 aliphatic heterocycles. The van der Waals surface area contributed by atoms with Gasteiger partial charge in [-0.25, -0.2) is 0 Å². The quantitative estimate of drug-likeness (QED) is 0.0971. The molecule has 2 aromatic carbocycles. The maximum absolute atomic E-state index is 13.6. The Balaban J connectivity index is 1.14. The molecule has 2 unspecified atom stereocenters. The first-order chi connectivity index (χ1) is 28.3. The number of nitrogens with zero attached hydrogens (tertiary/aromatic N) is 2. The first-order valence-corrected chi connectivity index (χ1v) is 20.2. The number of halogens is 1. The van der Waals surface area contributed by atoms with E-state index in [1.165, 1.54) is 0 Å². The highest BCUT2D eigenvalue weighted by molar-refractivity contribution is 6.31. The summed E-state index contributed by atoms with van der Waals surface area (Å²) >= 11 is 6.84. The van der Waals surface area contributed by atoms with Crippen molar-refractivity contribution in [2.75, 3.05) is 18.1 Å². The SMILES string of the molecule is CC(=O)OC1O[C@H](C(=O)NCCCC(CO)c2ccc(Cl)c(CN(c3cnccc3-c3ccccc3OC3CC3)C3CC3)c2)[C@@H](OC(C)=O)[C@H](OC(C)=O)[C@H]1OC(C)=O. The molecule has 1 amide bonds. The molecule has 3 aliphatic rings. The number of rotatable bonds is 18. The summed E-state index contributed by atoms with van der Waals surface area (Å²) in [5, 5.41) is 13.9. The summed E-state index contributed by atoms with van der Waals surface area (Å²) in [6.45, 7) is 4.77. The zero-order chi connectivity index (χ0) is 42.2. The van der Waals surface area contributed by atoms with Crippen molar-refractivity contribution < 1.29 is 57.5 Å². The first-order valence-electron chi connectivity index (χ1n) is 19.8. The predicted octanol–water partition coefficient (Wildman–Crippen LogP) is 5.17. The van der Waals surface area contributed by atoms with Crippen molar-refractivity contribution in [1.82, 2.24) is 10.3 Å². The number of para-hydroxylation sites is 1. The number of amides is 1. The Kier molecular flexibility index (Phi) is 14.4. The van der Waals surface area contributed by atoms with Gasteiger partial charge in [0.2, 0.25) is 12.4 Å². The fourth-order valence-corrected chi connectivity index (χ4v) is 7.40. The van der Waals surface area contributed by atoms with Crippen LogP contribution in [-0.2, 0) is 54.2 Å². The van der Waals surface area contributed by atoms with E-state index in [-0.39, 0.29) is 25.2 Å². The minimum Gasteiger partial charge on any atom is -0.490 e. The molecule has 316 valence electrons. The minimum atomic E-state index is -1.67. The maximum Gasteiger partial charge on any atom is 0.305 e. The number of nitrogens with one attached hydrogen (secondary N) is 1. The van der Waals surface area contributed by atoms with Gasteiger partial charge in [-0.1, -0.05) is 41.9 Å². The minimum absolute atomic E-state index is 0.109. The molecule has 59 heavy (non-hydrogen) atoms. The lowest BCUT2D eigenvalue weighted by molar-refractivity contribution is -0.290. The van der Waals surface area contributed by atoms with Crippen molar-refractivity contribution in [3.8, 4) is 16.9 Å². The lowest BCUT2D eigenvalue weighted by Gasteiger charge is -2.43. The van der Waals surface area contributed by atoms with Crippen LogP contribution in [-0.4, -0.2) is 95.9 Å². The van der Waals surface area contributed by atoms with E-state index in [1.54, 1.807) is 6.20 Å². The van der Waals surface area contributed by atoms with Gasteiger partial charge in [0.05, 0.1) is 18.0 Å². The second-order valence-corrected chi connectivity index (χ2v) is 15.4. The third kappa shape index (κ3) is 11.5. The first kappa shape index (κ1) is 43.3. The normalized spacial score (nSPS) is 21.7. The van der Waals surface area contributed by atoms with E-state index < -0.39 is 60.5 Å². The molecule has 6 atom stereocenters. The van der Waals surface area contributed by atoms with Gasteiger partial charge in [-0.15, -0.1) is 0 Å². The van der Waals surface area contributed by atoms with Gasteiger partial charge in [0.1, 0.15) is 5.75 Å². The average Bonchev–Trinajstić information content (AvgIpc) is 4.13. The maximum atomic E-state index is 13.6. The van der Waals surface area contributed by atoms with Gasteiger partial charge in [-0.3, -0.25) is 29.0 Å². The summed E-state index contributed by atoms with van der Waals surface area (Å²) in [6.07, 6.45) is 1.03. The van der Waals surface area contributed by atoms with Crippen LogP contribution in [0, 0.1) is 0 Å². The molecule has 2 aliphatic carbocycles. The van der Waals surface area contributed by atoms with Gasteiger partial charge in [0.25, 0.3) is 5.91 Å². The molecular formula is C43H50ClN3O12. The molecule has 2 N–H and O–H groups in total. The number of pyridine rings is 1. The molecule has 3 aromatic rings. The highest BCUT2D eigenvalue weighted by atomic mass is 35.5. The number of carbonyl (C=O) groups excluding carboxylic acids is 5. The molecule has 2 saturated carbocycles. The fourth-order valence-electron chi connectivity index (χ4n) is 7.22. The zero-order valence-electron chi connectivity index (χ0n) is 33.5. The average molecular weight is 836 g/mol. The molecule has 15 nitrogen and oxygen atoms in total. The van der Waals surface area contributed by atoms with Gasteiger partial charge in [0.15, 0.2) is 18.3 Å². The number of anilines is 1. The van der Waals surface area contributed by atoms with Gasteiger partial charge in [-0.2, -0.15) is 0 Å². The van der Waals surface area contributed by atoms with Crippen LogP contribution < -0.4 is 15.0 Å². The number of aliphatic hydroxyl groups excluding tert-OH is 1. The van der Waals surface area contributed by atoms with Gasteiger partial charge in [0, 0.05) is 81.7 Å². The largest absolute Gasteiger partial charge is 0.490 e. The molecule has 6 rings (SSSR count). The Bertz CT molecular complexity index is 2010. The topological polar surface area (TPSA) is 189 Å². The molecule has 0 radical (unpaired) electrons. The molecular weight excluding hydrogens is 786 g/mol. The number of hydrogen-bond acceptors (Lipinski definition) is 14. The zero-order valence-corrected chi connectivity index (χ0v) is 34.2. The van der Waals surface area contributed by atoms with Gasteiger partial charge in [-0.05, 0) is 67.9 Å². The Morgan fingerprint density at radius 2 is 1.54 bits per heavy atom. The van der Waals surface area contributed by atoms with E-state index in [9.17, 15) is 29.1 Å². The third-order valence-corrected chi connectivity index (χ3v) is 10.5. The fraction of sp³-hybridized carbons (Fsp3) is 0.488. The highest BCUT2D eigenvalue weighted by Gasteiger charge is 2.55. The monoisotopic (exact) mass is 835 g/mol. The summed E-state index contributed by atoms with van der Waals surface area (Å²) in [6, 6.07) is 16.1. The summed E-state index contributed by atoms with van der Waals surface area (Å²) in [4.78, 5) is 68.6. The van der Waals surface area contributed by atoms with Crippen molar-refractivity contribution in [1.29, 1.82) is 0 Å². The number of aromatic nitrogens is 1. The van der Waals surface area contributed by atoms with Crippen molar-refractivity contribution in [2.45, 2.75) is 122 Å². The number of benzene rings is 2. The number of hydrogen-bond donors (Lipinski definition) is 2.